The Morgan fingerprint density at radius 1 is 0.824 bits per heavy atom. The zero-order chi connectivity index (χ0) is 25.2. The molecule has 0 spiro atoms. The van der Waals surface area contributed by atoms with Crippen molar-refractivity contribution in [2.75, 3.05) is 10.0 Å². The van der Waals surface area contributed by atoms with Crippen LogP contribution in [-0.2, 0) is 35.1 Å². The molecule has 0 aromatic heterocycles. The summed E-state index contributed by atoms with van der Waals surface area (Å²) in [5.41, 5.74) is -0.130. The van der Waals surface area contributed by atoms with E-state index in [4.69, 9.17) is 0 Å². The van der Waals surface area contributed by atoms with Gasteiger partial charge in [0, 0.05) is 18.3 Å². The molecule has 0 aliphatic rings. The van der Waals surface area contributed by atoms with Gasteiger partial charge in [0.05, 0.1) is 5.25 Å². The maximum Gasteiger partial charge on any atom is 1.00 e. The van der Waals surface area contributed by atoms with Crippen LogP contribution in [0, 0.1) is 0 Å². The first-order valence-corrected chi connectivity index (χ1v) is 13.6. The summed E-state index contributed by atoms with van der Waals surface area (Å²) >= 11 is 0. The maximum absolute atomic E-state index is 12.0. The molecule has 0 saturated heterocycles. The van der Waals surface area contributed by atoms with Crippen LogP contribution in [0.5, 0.6) is 0 Å². The van der Waals surface area contributed by atoms with Gasteiger partial charge in [-0.2, -0.15) is 16.8 Å². The predicted molar refractivity (Wildman–Crippen MR) is 123 cm³/mol. The van der Waals surface area contributed by atoms with E-state index < -0.39 is 51.2 Å². The molecular formula is C19H22N2NaO9S3+. The SMILES string of the molecule is CC(=O)Nc1ccc(/C=C/c2ccc(NS(=O)(=O)C(C)C)cc2S(=O)(=O)O)c(S(=O)(=O)O)c1.[Na+]. The Morgan fingerprint density at radius 2 is 1.24 bits per heavy atom. The zero-order valence-electron chi connectivity index (χ0n) is 18.7. The summed E-state index contributed by atoms with van der Waals surface area (Å²) < 4.78 is 92.7. The molecule has 0 heterocycles. The fraction of sp³-hybridized carbons (Fsp3) is 0.211. The van der Waals surface area contributed by atoms with Crippen molar-refractivity contribution in [3.8, 4) is 0 Å². The Morgan fingerprint density at radius 3 is 1.62 bits per heavy atom. The van der Waals surface area contributed by atoms with E-state index in [0.29, 0.717) is 0 Å². The number of hydrogen-bond donors (Lipinski definition) is 4. The van der Waals surface area contributed by atoms with Gasteiger partial charge in [-0.1, -0.05) is 24.3 Å². The summed E-state index contributed by atoms with van der Waals surface area (Å²) in [6.45, 7) is 4.06. The van der Waals surface area contributed by atoms with Crippen LogP contribution >= 0.6 is 0 Å². The molecule has 0 atom stereocenters. The quantitative estimate of drug-likeness (QED) is 0.194. The Labute approximate surface area is 220 Å². The fourth-order valence-corrected chi connectivity index (χ4v) is 4.71. The Bertz CT molecular complexity index is 1430. The van der Waals surface area contributed by atoms with Gasteiger partial charge in [0.2, 0.25) is 15.9 Å². The standard InChI is InChI=1S/C19H22N2O9S3.Na/c1-12(2)31(23,24)21-17-9-7-15(19(11-17)33(28,29)30)5-4-14-6-8-16(20-13(3)22)10-18(14)32(25,26)27;/h4-12,21H,1-3H3,(H,20,22)(H,25,26,27)(H,28,29,30);/q;+1/b5-4+;. The van der Waals surface area contributed by atoms with Gasteiger partial charge in [-0.25, -0.2) is 8.42 Å². The molecular weight excluding hydrogens is 519 g/mol. The van der Waals surface area contributed by atoms with Crippen molar-refractivity contribution in [1.82, 2.24) is 0 Å². The predicted octanol–water partition coefficient (Wildman–Crippen LogP) is -0.537. The van der Waals surface area contributed by atoms with Crippen molar-refractivity contribution < 1.29 is 68.7 Å². The first-order chi connectivity index (χ1) is 15.0. The number of benzene rings is 2. The van der Waals surface area contributed by atoms with Gasteiger partial charge in [-0.15, -0.1) is 0 Å². The minimum absolute atomic E-state index is 0. The summed E-state index contributed by atoms with van der Waals surface area (Å²) in [6, 6.07) is 7.03. The first kappa shape index (κ1) is 30.3. The van der Waals surface area contributed by atoms with Crippen LogP contribution in [0.3, 0.4) is 0 Å². The second-order valence-corrected chi connectivity index (χ2v) is 12.2. The zero-order valence-corrected chi connectivity index (χ0v) is 23.1. The van der Waals surface area contributed by atoms with Gasteiger partial charge in [0.15, 0.2) is 0 Å². The van der Waals surface area contributed by atoms with Crippen molar-refractivity contribution in [3.63, 3.8) is 0 Å². The molecule has 4 N–H and O–H groups in total. The third kappa shape index (κ3) is 8.16. The number of amides is 1. The summed E-state index contributed by atoms with van der Waals surface area (Å²) in [7, 11) is -13.3. The number of sulfonamides is 1. The molecule has 2 aromatic carbocycles. The average Bonchev–Trinajstić information content (AvgIpc) is 2.65. The van der Waals surface area contributed by atoms with E-state index in [2.05, 4.69) is 10.0 Å². The number of carbonyl (C=O) groups is 1. The van der Waals surface area contributed by atoms with Crippen LogP contribution in [0.2, 0.25) is 0 Å². The molecule has 34 heavy (non-hydrogen) atoms. The molecule has 0 saturated carbocycles. The number of anilines is 2. The van der Waals surface area contributed by atoms with Crippen LogP contribution in [0.25, 0.3) is 12.2 Å². The summed E-state index contributed by atoms with van der Waals surface area (Å²) in [5.74, 6) is -0.467. The average molecular weight is 542 g/mol. The van der Waals surface area contributed by atoms with E-state index in [-0.39, 0.29) is 52.1 Å². The fourth-order valence-electron chi connectivity index (χ4n) is 2.60. The molecule has 180 valence electrons. The Kier molecular flexibility index (Phi) is 10.1. The van der Waals surface area contributed by atoms with Gasteiger partial charge >= 0.3 is 29.6 Å². The van der Waals surface area contributed by atoms with Crippen LogP contribution < -0.4 is 39.6 Å². The molecule has 11 nitrogen and oxygen atoms in total. The first-order valence-electron chi connectivity index (χ1n) is 9.21. The van der Waals surface area contributed by atoms with Crippen molar-refractivity contribution in [2.24, 2.45) is 0 Å². The van der Waals surface area contributed by atoms with E-state index >= 15 is 0 Å². The molecule has 2 aromatic rings. The smallest absolute Gasteiger partial charge is 0.326 e. The molecule has 1 amide bonds. The molecule has 0 aliphatic heterocycles. The Balaban J connectivity index is 0.00000578. The minimum atomic E-state index is -4.80. The maximum atomic E-state index is 12.0. The van der Waals surface area contributed by atoms with Gasteiger partial charge in [-0.3, -0.25) is 18.6 Å². The summed E-state index contributed by atoms with van der Waals surface area (Å²) in [6.07, 6.45) is 2.33. The minimum Gasteiger partial charge on any atom is -0.326 e. The molecule has 0 bridgehead atoms. The normalized spacial score (nSPS) is 12.4. The monoisotopic (exact) mass is 541 g/mol. The van der Waals surface area contributed by atoms with Gasteiger partial charge in [0.1, 0.15) is 9.79 Å². The third-order valence-electron chi connectivity index (χ3n) is 4.23. The van der Waals surface area contributed by atoms with Crippen molar-refractivity contribution >= 4 is 59.7 Å². The van der Waals surface area contributed by atoms with Crippen molar-refractivity contribution in [2.45, 2.75) is 35.8 Å². The van der Waals surface area contributed by atoms with Gasteiger partial charge in [-0.05, 0) is 49.2 Å². The van der Waals surface area contributed by atoms with Crippen LogP contribution in [0.1, 0.15) is 31.9 Å². The number of nitrogens with one attached hydrogen (secondary N) is 2. The van der Waals surface area contributed by atoms with Crippen LogP contribution in [0.15, 0.2) is 46.2 Å². The van der Waals surface area contributed by atoms with Gasteiger partial charge < -0.3 is 5.32 Å². The van der Waals surface area contributed by atoms with E-state index in [0.717, 1.165) is 18.2 Å². The van der Waals surface area contributed by atoms with Crippen LogP contribution in [0.4, 0.5) is 11.4 Å². The van der Waals surface area contributed by atoms with Crippen LogP contribution in [-0.4, -0.2) is 45.5 Å². The van der Waals surface area contributed by atoms with E-state index in [1.807, 2.05) is 0 Å². The molecule has 0 aliphatic carbocycles. The number of hydrogen-bond acceptors (Lipinski definition) is 7. The summed E-state index contributed by atoms with van der Waals surface area (Å²) in [5, 5.41) is 1.57. The van der Waals surface area contributed by atoms with Gasteiger partial charge in [0.25, 0.3) is 20.2 Å². The molecule has 0 fully saturated rings. The molecule has 0 radical (unpaired) electrons. The summed E-state index contributed by atoms with van der Waals surface area (Å²) in [4.78, 5) is 10.0. The second-order valence-electron chi connectivity index (χ2n) is 7.17. The van der Waals surface area contributed by atoms with Crippen molar-refractivity contribution in [3.05, 3.63) is 47.5 Å². The number of rotatable bonds is 8. The number of carbonyl (C=O) groups excluding carboxylic acids is 1. The largest absolute Gasteiger partial charge is 1.00 e. The molecule has 0 unspecified atom stereocenters. The van der Waals surface area contributed by atoms with E-state index in [9.17, 15) is 39.2 Å². The van der Waals surface area contributed by atoms with E-state index in [1.165, 1.54) is 51.1 Å². The third-order valence-corrected chi connectivity index (χ3v) is 7.81. The molecule has 2 rings (SSSR count). The molecule has 15 heteroatoms. The van der Waals surface area contributed by atoms with Crippen molar-refractivity contribution in [1.29, 1.82) is 0 Å². The van der Waals surface area contributed by atoms with E-state index in [1.54, 1.807) is 0 Å². The Hall–Kier alpha value is -1.78. The topological polar surface area (TPSA) is 184 Å². The second kappa shape index (κ2) is 11.3.